The fourth-order valence-corrected chi connectivity index (χ4v) is 4.09. The maximum Gasteiger partial charge on any atom is 0.263 e. The SMILES string of the molecule is O=C(NCCN1CCNCC1)c1sc(-c2ccco2)nc1-c1ccccc1. The van der Waals surface area contributed by atoms with Crippen LogP contribution in [-0.4, -0.2) is 55.1 Å². The van der Waals surface area contributed by atoms with Gasteiger partial charge in [0.15, 0.2) is 10.8 Å². The zero-order valence-corrected chi connectivity index (χ0v) is 15.8. The number of benzene rings is 1. The van der Waals surface area contributed by atoms with Crippen LogP contribution in [0.3, 0.4) is 0 Å². The number of aromatic nitrogens is 1. The zero-order valence-electron chi connectivity index (χ0n) is 15.0. The van der Waals surface area contributed by atoms with Crippen molar-refractivity contribution in [3.63, 3.8) is 0 Å². The minimum absolute atomic E-state index is 0.0840. The second-order valence-corrected chi connectivity index (χ2v) is 7.39. The van der Waals surface area contributed by atoms with Gasteiger partial charge in [-0.3, -0.25) is 9.69 Å². The van der Waals surface area contributed by atoms with Crippen molar-refractivity contribution in [3.05, 3.63) is 53.6 Å². The Kier molecular flexibility index (Phi) is 5.62. The largest absolute Gasteiger partial charge is 0.462 e. The molecule has 0 bridgehead atoms. The molecule has 1 saturated heterocycles. The Hall–Kier alpha value is -2.48. The van der Waals surface area contributed by atoms with Crippen LogP contribution < -0.4 is 10.6 Å². The second kappa shape index (κ2) is 8.47. The highest BCUT2D eigenvalue weighted by molar-refractivity contribution is 7.17. The lowest BCUT2D eigenvalue weighted by molar-refractivity contribution is 0.0951. The molecule has 0 unspecified atom stereocenters. The summed E-state index contributed by atoms with van der Waals surface area (Å²) in [6, 6.07) is 13.5. The lowest BCUT2D eigenvalue weighted by Crippen LogP contribution is -2.46. The fraction of sp³-hybridized carbons (Fsp3) is 0.300. The predicted molar refractivity (Wildman–Crippen MR) is 107 cm³/mol. The summed E-state index contributed by atoms with van der Waals surface area (Å²) in [5, 5.41) is 7.10. The van der Waals surface area contributed by atoms with Gasteiger partial charge in [-0.1, -0.05) is 30.3 Å². The van der Waals surface area contributed by atoms with Crippen molar-refractivity contribution < 1.29 is 9.21 Å². The molecule has 0 radical (unpaired) electrons. The molecule has 6 nitrogen and oxygen atoms in total. The monoisotopic (exact) mass is 382 g/mol. The van der Waals surface area contributed by atoms with Gasteiger partial charge in [0.2, 0.25) is 0 Å². The third-order valence-electron chi connectivity index (χ3n) is 4.54. The number of thiazole rings is 1. The van der Waals surface area contributed by atoms with Crippen LogP contribution in [0, 0.1) is 0 Å². The van der Waals surface area contributed by atoms with Crippen molar-refractivity contribution in [3.8, 4) is 22.0 Å². The van der Waals surface area contributed by atoms with Gasteiger partial charge in [-0.15, -0.1) is 11.3 Å². The molecule has 3 aromatic rings. The van der Waals surface area contributed by atoms with Crippen molar-refractivity contribution in [2.45, 2.75) is 0 Å². The first-order chi connectivity index (χ1) is 13.3. The van der Waals surface area contributed by atoms with E-state index in [-0.39, 0.29) is 5.91 Å². The summed E-state index contributed by atoms with van der Waals surface area (Å²) in [5.74, 6) is 0.594. The average Bonchev–Trinajstić information content (AvgIpc) is 3.39. The summed E-state index contributed by atoms with van der Waals surface area (Å²) >= 11 is 1.37. The molecular weight excluding hydrogens is 360 g/mol. The Morgan fingerprint density at radius 2 is 2.00 bits per heavy atom. The van der Waals surface area contributed by atoms with Crippen molar-refractivity contribution >= 4 is 17.2 Å². The van der Waals surface area contributed by atoms with Crippen LogP contribution in [0.15, 0.2) is 53.1 Å². The number of hydrogen-bond donors (Lipinski definition) is 2. The van der Waals surface area contributed by atoms with E-state index in [0.29, 0.717) is 27.9 Å². The number of hydrogen-bond acceptors (Lipinski definition) is 6. The quantitative estimate of drug-likeness (QED) is 0.686. The number of nitrogens with zero attached hydrogens (tertiary/aromatic N) is 2. The molecule has 0 aliphatic carbocycles. The average molecular weight is 382 g/mol. The summed E-state index contributed by atoms with van der Waals surface area (Å²) in [5.41, 5.74) is 1.63. The lowest BCUT2D eigenvalue weighted by Gasteiger charge is -2.27. The second-order valence-electron chi connectivity index (χ2n) is 6.39. The molecule has 1 aliphatic heterocycles. The lowest BCUT2D eigenvalue weighted by atomic mass is 10.1. The highest BCUT2D eigenvalue weighted by atomic mass is 32.1. The van der Waals surface area contributed by atoms with Crippen LogP contribution in [0.25, 0.3) is 22.0 Å². The van der Waals surface area contributed by atoms with Gasteiger partial charge in [0.05, 0.1) is 12.0 Å². The van der Waals surface area contributed by atoms with Crippen LogP contribution in [-0.2, 0) is 0 Å². The van der Waals surface area contributed by atoms with Crippen LogP contribution in [0.5, 0.6) is 0 Å². The van der Waals surface area contributed by atoms with E-state index in [4.69, 9.17) is 4.42 Å². The third kappa shape index (κ3) is 4.27. The van der Waals surface area contributed by atoms with Gasteiger partial charge in [-0.25, -0.2) is 4.98 Å². The molecule has 7 heteroatoms. The van der Waals surface area contributed by atoms with Crippen molar-refractivity contribution in [2.75, 3.05) is 39.3 Å². The molecule has 27 heavy (non-hydrogen) atoms. The highest BCUT2D eigenvalue weighted by Gasteiger charge is 2.21. The molecule has 2 N–H and O–H groups in total. The van der Waals surface area contributed by atoms with E-state index in [1.807, 2.05) is 42.5 Å². The number of nitrogens with one attached hydrogen (secondary N) is 2. The maximum atomic E-state index is 12.9. The van der Waals surface area contributed by atoms with E-state index in [0.717, 1.165) is 38.3 Å². The Bertz CT molecular complexity index is 871. The number of carbonyl (C=O) groups is 1. The number of carbonyl (C=O) groups excluding carboxylic acids is 1. The van der Waals surface area contributed by atoms with Crippen molar-refractivity contribution in [2.24, 2.45) is 0 Å². The molecule has 4 rings (SSSR count). The maximum absolute atomic E-state index is 12.9. The van der Waals surface area contributed by atoms with Gasteiger partial charge in [-0.05, 0) is 12.1 Å². The number of amides is 1. The molecule has 1 fully saturated rings. The summed E-state index contributed by atoms with van der Waals surface area (Å²) in [6.07, 6.45) is 1.62. The summed E-state index contributed by atoms with van der Waals surface area (Å²) < 4.78 is 5.47. The van der Waals surface area contributed by atoms with Gasteiger partial charge in [0.25, 0.3) is 5.91 Å². The van der Waals surface area contributed by atoms with E-state index in [1.165, 1.54) is 11.3 Å². The fourth-order valence-electron chi connectivity index (χ4n) is 3.11. The molecule has 0 saturated carbocycles. The first-order valence-electron chi connectivity index (χ1n) is 9.12. The minimum Gasteiger partial charge on any atom is -0.462 e. The highest BCUT2D eigenvalue weighted by Crippen LogP contribution is 2.34. The van der Waals surface area contributed by atoms with Gasteiger partial charge < -0.3 is 15.1 Å². The topological polar surface area (TPSA) is 70.4 Å². The van der Waals surface area contributed by atoms with Crippen LogP contribution in [0.1, 0.15) is 9.67 Å². The van der Waals surface area contributed by atoms with E-state index >= 15 is 0 Å². The van der Waals surface area contributed by atoms with E-state index in [9.17, 15) is 4.79 Å². The van der Waals surface area contributed by atoms with Gasteiger partial charge in [-0.2, -0.15) is 0 Å². The zero-order chi connectivity index (χ0) is 18.5. The van der Waals surface area contributed by atoms with E-state index in [2.05, 4.69) is 20.5 Å². The standard InChI is InChI=1S/C20H22N4O2S/c25-19(22-10-13-24-11-8-21-9-12-24)18-17(15-5-2-1-3-6-15)23-20(27-18)16-7-4-14-26-16/h1-7,14,21H,8-13H2,(H,22,25). The molecule has 0 spiro atoms. The molecule has 140 valence electrons. The van der Waals surface area contributed by atoms with E-state index < -0.39 is 0 Å². The molecular formula is C20H22N4O2S. The minimum atomic E-state index is -0.0840. The molecule has 1 amide bonds. The van der Waals surface area contributed by atoms with Crippen LogP contribution >= 0.6 is 11.3 Å². The van der Waals surface area contributed by atoms with E-state index in [1.54, 1.807) is 6.26 Å². The Labute approximate surface area is 162 Å². The Balaban J connectivity index is 1.52. The van der Waals surface area contributed by atoms with Crippen molar-refractivity contribution in [1.29, 1.82) is 0 Å². The molecule has 0 atom stereocenters. The molecule has 2 aromatic heterocycles. The molecule has 3 heterocycles. The summed E-state index contributed by atoms with van der Waals surface area (Å²) in [6.45, 7) is 5.54. The Morgan fingerprint density at radius 3 is 2.74 bits per heavy atom. The van der Waals surface area contributed by atoms with Gasteiger partial charge >= 0.3 is 0 Å². The predicted octanol–water partition coefficient (Wildman–Crippen LogP) is 2.71. The summed E-state index contributed by atoms with van der Waals surface area (Å²) in [7, 11) is 0. The first-order valence-corrected chi connectivity index (χ1v) is 9.94. The molecule has 1 aromatic carbocycles. The molecule has 1 aliphatic rings. The normalized spacial score (nSPS) is 15.0. The smallest absolute Gasteiger partial charge is 0.263 e. The van der Waals surface area contributed by atoms with Crippen LogP contribution in [0.2, 0.25) is 0 Å². The van der Waals surface area contributed by atoms with Crippen LogP contribution in [0.4, 0.5) is 0 Å². The van der Waals surface area contributed by atoms with Crippen molar-refractivity contribution in [1.82, 2.24) is 20.5 Å². The first kappa shape index (κ1) is 17.9. The number of rotatable bonds is 6. The summed E-state index contributed by atoms with van der Waals surface area (Å²) in [4.78, 5) is 20.5. The Morgan fingerprint density at radius 1 is 1.19 bits per heavy atom. The number of piperazine rings is 1. The third-order valence-corrected chi connectivity index (χ3v) is 5.60. The number of furan rings is 1. The van der Waals surface area contributed by atoms with Gasteiger partial charge in [0, 0.05) is 44.8 Å². The van der Waals surface area contributed by atoms with Gasteiger partial charge in [0.1, 0.15) is 4.88 Å².